The van der Waals surface area contributed by atoms with Gasteiger partial charge in [0.1, 0.15) is 12.2 Å². The molecule has 0 aromatic heterocycles. The maximum atomic E-state index is 11.7. The molecule has 4 atom stereocenters. The summed E-state index contributed by atoms with van der Waals surface area (Å²) >= 11 is 0. The van der Waals surface area contributed by atoms with Crippen LogP contribution >= 0.6 is 0 Å². The second kappa shape index (κ2) is 13.3. The molecule has 5 nitrogen and oxygen atoms in total. The Morgan fingerprint density at radius 3 is 2.60 bits per heavy atom. The number of hydrogen-bond donors (Lipinski definition) is 1. The number of esters is 1. The van der Waals surface area contributed by atoms with E-state index in [0.29, 0.717) is 13.2 Å². The molecule has 0 aromatic carbocycles. The lowest BCUT2D eigenvalue weighted by molar-refractivity contribution is -0.194. The van der Waals surface area contributed by atoms with E-state index in [9.17, 15) is 4.79 Å². The zero-order chi connectivity index (χ0) is 18.5. The van der Waals surface area contributed by atoms with Gasteiger partial charge in [-0.05, 0) is 19.3 Å². The normalized spacial score (nSPS) is 26.9. The molecule has 0 radical (unpaired) electrons. The Kier molecular flexibility index (Phi) is 11.8. The molecule has 2 N–H and O–H groups in total. The van der Waals surface area contributed by atoms with Crippen molar-refractivity contribution in [1.29, 1.82) is 0 Å². The number of unbranched alkanes of at least 4 members (excludes halogenated alkanes) is 5. The lowest BCUT2D eigenvalue weighted by Crippen LogP contribution is -2.52. The zero-order valence-corrected chi connectivity index (χ0v) is 16.2. The van der Waals surface area contributed by atoms with Gasteiger partial charge in [-0.3, -0.25) is 4.79 Å². The van der Waals surface area contributed by atoms with Gasteiger partial charge >= 0.3 is 5.97 Å². The van der Waals surface area contributed by atoms with E-state index in [0.717, 1.165) is 12.8 Å². The number of rotatable bonds is 12. The first-order valence-electron chi connectivity index (χ1n) is 9.93. The quantitative estimate of drug-likeness (QED) is 0.329. The van der Waals surface area contributed by atoms with Crippen LogP contribution in [0.4, 0.5) is 0 Å². The molecule has 1 rings (SSSR count). The Hall–Kier alpha value is -0.910. The van der Waals surface area contributed by atoms with Gasteiger partial charge in [0.15, 0.2) is 6.10 Å². The number of carbonyl (C=O) groups excluding carboxylic acids is 1. The highest BCUT2D eigenvalue weighted by molar-refractivity contribution is 5.71. The summed E-state index contributed by atoms with van der Waals surface area (Å²) in [4.78, 5) is 11.7. The molecule has 1 saturated heterocycles. The standard InChI is InChI=1S/C20H37NO4/c1-4-6-7-8-9-10-11-12-17-20(25-18(22)14-21)19(23-13-5-2)16(3)15-24-17/h11-12,16-17,19-20H,4-10,13-15,21H2,1-3H3/t16-,17+,19+,20+/m0/s1. The predicted molar refractivity (Wildman–Crippen MR) is 100 cm³/mol. The van der Waals surface area contributed by atoms with E-state index in [1.165, 1.54) is 32.1 Å². The number of nitrogens with two attached hydrogens (primary N) is 1. The summed E-state index contributed by atoms with van der Waals surface area (Å²) in [5.41, 5.74) is 5.42. The Morgan fingerprint density at radius 2 is 1.92 bits per heavy atom. The monoisotopic (exact) mass is 355 g/mol. The van der Waals surface area contributed by atoms with Crippen LogP contribution in [0, 0.1) is 5.92 Å². The summed E-state index contributed by atoms with van der Waals surface area (Å²) in [5, 5.41) is 0. The molecule has 0 bridgehead atoms. The van der Waals surface area contributed by atoms with Gasteiger partial charge in [-0.25, -0.2) is 0 Å². The van der Waals surface area contributed by atoms with Crippen LogP contribution in [0.25, 0.3) is 0 Å². The molecule has 0 amide bonds. The minimum atomic E-state index is -0.428. The molecule has 5 heteroatoms. The molecule has 0 saturated carbocycles. The van der Waals surface area contributed by atoms with Crippen molar-refractivity contribution in [2.75, 3.05) is 19.8 Å². The van der Waals surface area contributed by atoms with Gasteiger partial charge in [-0.15, -0.1) is 0 Å². The van der Waals surface area contributed by atoms with Crippen molar-refractivity contribution in [1.82, 2.24) is 0 Å². The van der Waals surface area contributed by atoms with Gasteiger partial charge in [0.25, 0.3) is 0 Å². The number of allylic oxidation sites excluding steroid dienone is 1. The first kappa shape index (κ1) is 22.1. The van der Waals surface area contributed by atoms with Crippen LogP contribution in [0.2, 0.25) is 0 Å². The van der Waals surface area contributed by atoms with Crippen molar-refractivity contribution in [3.8, 4) is 0 Å². The summed E-state index contributed by atoms with van der Waals surface area (Å²) in [7, 11) is 0. The van der Waals surface area contributed by atoms with Crippen molar-refractivity contribution in [2.24, 2.45) is 11.7 Å². The second-order valence-corrected chi connectivity index (χ2v) is 6.90. The van der Waals surface area contributed by atoms with E-state index in [1.54, 1.807) is 0 Å². The van der Waals surface area contributed by atoms with Crippen LogP contribution in [0.15, 0.2) is 12.2 Å². The predicted octanol–water partition coefficient (Wildman–Crippen LogP) is 3.60. The highest BCUT2D eigenvalue weighted by Crippen LogP contribution is 2.27. The van der Waals surface area contributed by atoms with Gasteiger partial charge in [-0.2, -0.15) is 0 Å². The van der Waals surface area contributed by atoms with Crippen LogP contribution < -0.4 is 5.73 Å². The first-order valence-corrected chi connectivity index (χ1v) is 9.93. The SMILES string of the molecule is CCCCCCCC=C[C@H]1OC[C@H](C)[C@@H](OCCC)[C@@H]1OC(=O)CN. The molecule has 1 fully saturated rings. The third-order valence-corrected chi connectivity index (χ3v) is 4.51. The molecule has 0 spiro atoms. The fraction of sp³-hybridized carbons (Fsp3) is 0.850. The van der Waals surface area contributed by atoms with E-state index in [4.69, 9.17) is 19.9 Å². The van der Waals surface area contributed by atoms with Crippen molar-refractivity contribution in [3.63, 3.8) is 0 Å². The Bertz CT molecular complexity index is 386. The molecular formula is C20H37NO4. The highest BCUT2D eigenvalue weighted by Gasteiger charge is 2.40. The van der Waals surface area contributed by atoms with Crippen LogP contribution in [0.1, 0.15) is 65.7 Å². The molecular weight excluding hydrogens is 318 g/mol. The maximum absolute atomic E-state index is 11.7. The van der Waals surface area contributed by atoms with Crippen LogP contribution in [0.3, 0.4) is 0 Å². The lowest BCUT2D eigenvalue weighted by atomic mass is 9.92. The fourth-order valence-corrected chi connectivity index (χ4v) is 3.07. The summed E-state index contributed by atoms with van der Waals surface area (Å²) in [5.74, 6) is -0.230. The number of hydrogen-bond acceptors (Lipinski definition) is 5. The van der Waals surface area contributed by atoms with E-state index in [1.807, 2.05) is 6.08 Å². The maximum Gasteiger partial charge on any atom is 0.320 e. The van der Waals surface area contributed by atoms with Crippen LogP contribution in [-0.4, -0.2) is 44.0 Å². The average Bonchev–Trinajstić information content (AvgIpc) is 2.62. The van der Waals surface area contributed by atoms with E-state index >= 15 is 0 Å². The van der Waals surface area contributed by atoms with Gasteiger partial charge in [0.2, 0.25) is 0 Å². The smallest absolute Gasteiger partial charge is 0.320 e. The lowest BCUT2D eigenvalue weighted by Gasteiger charge is -2.39. The van der Waals surface area contributed by atoms with Crippen molar-refractivity contribution < 1.29 is 19.0 Å². The number of carbonyl (C=O) groups is 1. The fourth-order valence-electron chi connectivity index (χ4n) is 3.07. The summed E-state index contributed by atoms with van der Waals surface area (Å²) in [6, 6.07) is 0. The molecule has 25 heavy (non-hydrogen) atoms. The third-order valence-electron chi connectivity index (χ3n) is 4.51. The summed E-state index contributed by atoms with van der Waals surface area (Å²) in [6.07, 6.45) is 11.6. The summed E-state index contributed by atoms with van der Waals surface area (Å²) < 4.78 is 17.5. The molecule has 1 heterocycles. The topological polar surface area (TPSA) is 70.8 Å². The Balaban J connectivity index is 2.61. The molecule has 0 aromatic rings. The third kappa shape index (κ3) is 8.34. The van der Waals surface area contributed by atoms with Gasteiger partial charge < -0.3 is 19.9 Å². The molecule has 1 aliphatic rings. The van der Waals surface area contributed by atoms with Crippen molar-refractivity contribution in [3.05, 3.63) is 12.2 Å². The zero-order valence-electron chi connectivity index (χ0n) is 16.2. The number of ether oxygens (including phenoxy) is 3. The average molecular weight is 356 g/mol. The molecule has 0 aliphatic carbocycles. The van der Waals surface area contributed by atoms with Gasteiger partial charge in [-0.1, -0.05) is 58.6 Å². The Labute approximate surface area is 153 Å². The van der Waals surface area contributed by atoms with Gasteiger partial charge in [0.05, 0.1) is 13.2 Å². The second-order valence-electron chi connectivity index (χ2n) is 6.90. The molecule has 0 unspecified atom stereocenters. The van der Waals surface area contributed by atoms with Crippen LogP contribution in [0.5, 0.6) is 0 Å². The summed E-state index contributed by atoms with van der Waals surface area (Å²) in [6.45, 7) is 7.49. The minimum Gasteiger partial charge on any atom is -0.455 e. The molecule has 1 aliphatic heterocycles. The van der Waals surface area contributed by atoms with Crippen molar-refractivity contribution in [2.45, 2.75) is 84.0 Å². The van der Waals surface area contributed by atoms with E-state index in [2.05, 4.69) is 26.8 Å². The van der Waals surface area contributed by atoms with Crippen LogP contribution in [-0.2, 0) is 19.0 Å². The van der Waals surface area contributed by atoms with Crippen molar-refractivity contribution >= 4 is 5.97 Å². The highest BCUT2D eigenvalue weighted by atomic mass is 16.6. The minimum absolute atomic E-state index is 0.126. The molecule has 146 valence electrons. The van der Waals surface area contributed by atoms with Gasteiger partial charge in [0, 0.05) is 12.5 Å². The largest absolute Gasteiger partial charge is 0.455 e. The Morgan fingerprint density at radius 1 is 1.16 bits per heavy atom. The first-order chi connectivity index (χ1) is 12.1. The van der Waals surface area contributed by atoms with E-state index in [-0.39, 0.29) is 24.7 Å². The van der Waals surface area contributed by atoms with E-state index < -0.39 is 12.1 Å².